The van der Waals surface area contributed by atoms with Crippen molar-refractivity contribution in [1.29, 1.82) is 0 Å². The van der Waals surface area contributed by atoms with Crippen LogP contribution in [-0.2, 0) is 0 Å². The summed E-state index contributed by atoms with van der Waals surface area (Å²) in [6.45, 7) is 1.72. The van der Waals surface area contributed by atoms with Gasteiger partial charge in [0.25, 0.3) is 0 Å². The number of benzene rings is 1. The average molecular weight is 299 g/mol. The van der Waals surface area contributed by atoms with Crippen LogP contribution in [0.5, 0.6) is 5.75 Å². The van der Waals surface area contributed by atoms with Crippen LogP contribution in [0.3, 0.4) is 0 Å². The van der Waals surface area contributed by atoms with E-state index in [2.05, 4.69) is 15.9 Å². The lowest BCUT2D eigenvalue weighted by molar-refractivity contribution is -0.207. The van der Waals surface area contributed by atoms with Crippen LogP contribution in [0, 0.1) is 6.92 Å². The molecule has 0 amide bonds. The third-order valence-electron chi connectivity index (χ3n) is 2.12. The molecule has 1 unspecified atom stereocenters. The Morgan fingerprint density at radius 2 is 1.94 bits per heavy atom. The van der Waals surface area contributed by atoms with Gasteiger partial charge in [-0.2, -0.15) is 13.2 Å². The molecular weight excluding hydrogens is 289 g/mol. The van der Waals surface area contributed by atoms with Gasteiger partial charge in [0.15, 0.2) is 6.10 Å². The summed E-state index contributed by atoms with van der Waals surface area (Å²) in [7, 11) is 1.26. The summed E-state index contributed by atoms with van der Waals surface area (Å²) in [6, 6.07) is 2.65. The zero-order valence-corrected chi connectivity index (χ0v) is 10.2. The molecule has 1 rings (SSSR count). The number of halogens is 4. The van der Waals surface area contributed by atoms with Gasteiger partial charge in [0.05, 0.1) is 7.11 Å². The molecule has 0 radical (unpaired) electrons. The maximum atomic E-state index is 12.4. The van der Waals surface area contributed by atoms with Crippen LogP contribution < -0.4 is 4.74 Å². The second kappa shape index (κ2) is 4.63. The van der Waals surface area contributed by atoms with Crippen molar-refractivity contribution in [3.05, 3.63) is 27.7 Å². The molecule has 0 spiro atoms. The molecule has 6 heteroatoms. The second-order valence-electron chi connectivity index (χ2n) is 3.29. The molecule has 90 valence electrons. The molecule has 1 N–H and O–H groups in total. The predicted octanol–water partition coefficient (Wildman–Crippen LogP) is 3.36. The van der Waals surface area contributed by atoms with Gasteiger partial charge in [-0.05, 0) is 24.6 Å². The van der Waals surface area contributed by atoms with E-state index >= 15 is 0 Å². The fraction of sp³-hybridized carbons (Fsp3) is 0.400. The van der Waals surface area contributed by atoms with Crippen molar-refractivity contribution >= 4 is 15.9 Å². The van der Waals surface area contributed by atoms with Crippen LogP contribution in [0.4, 0.5) is 13.2 Å². The molecule has 1 atom stereocenters. The van der Waals surface area contributed by atoms with E-state index in [1.54, 1.807) is 6.92 Å². The molecule has 2 nitrogen and oxygen atoms in total. The van der Waals surface area contributed by atoms with Gasteiger partial charge in [-0.25, -0.2) is 0 Å². The smallest absolute Gasteiger partial charge is 0.418 e. The average Bonchev–Trinajstić information content (AvgIpc) is 2.19. The van der Waals surface area contributed by atoms with Crippen LogP contribution in [0.1, 0.15) is 17.2 Å². The van der Waals surface area contributed by atoms with E-state index < -0.39 is 12.3 Å². The highest BCUT2D eigenvalue weighted by atomic mass is 79.9. The highest BCUT2D eigenvalue weighted by Gasteiger charge is 2.41. The Labute approximate surface area is 99.2 Å². The first-order valence-corrected chi connectivity index (χ1v) is 5.15. The molecule has 0 fully saturated rings. The van der Waals surface area contributed by atoms with Gasteiger partial charge in [-0.3, -0.25) is 0 Å². The Balaban J connectivity index is 3.27. The van der Waals surface area contributed by atoms with E-state index in [1.165, 1.54) is 19.2 Å². The molecule has 0 saturated carbocycles. The largest absolute Gasteiger partial charge is 0.496 e. The van der Waals surface area contributed by atoms with Crippen molar-refractivity contribution in [2.45, 2.75) is 19.2 Å². The van der Waals surface area contributed by atoms with E-state index in [9.17, 15) is 13.2 Å². The summed E-state index contributed by atoms with van der Waals surface area (Å²) >= 11 is 3.11. The number of alkyl halides is 3. The lowest BCUT2D eigenvalue weighted by Crippen LogP contribution is -2.20. The zero-order valence-electron chi connectivity index (χ0n) is 8.60. The number of aliphatic hydroxyl groups is 1. The minimum Gasteiger partial charge on any atom is -0.496 e. The van der Waals surface area contributed by atoms with Crippen molar-refractivity contribution in [3.8, 4) is 5.75 Å². The molecule has 0 aliphatic carbocycles. The number of aliphatic hydroxyl groups excluding tert-OH is 1. The maximum absolute atomic E-state index is 12.4. The van der Waals surface area contributed by atoms with Crippen LogP contribution in [0.2, 0.25) is 0 Å². The predicted molar refractivity (Wildman–Crippen MR) is 56.4 cm³/mol. The first-order chi connectivity index (χ1) is 7.27. The molecule has 0 heterocycles. The zero-order chi connectivity index (χ0) is 12.5. The number of hydrogen-bond donors (Lipinski definition) is 1. The molecule has 16 heavy (non-hydrogen) atoms. The van der Waals surface area contributed by atoms with E-state index in [0.29, 0.717) is 4.47 Å². The molecule has 1 aromatic rings. The normalized spacial score (nSPS) is 13.7. The quantitative estimate of drug-likeness (QED) is 0.907. The van der Waals surface area contributed by atoms with Crippen molar-refractivity contribution in [3.63, 3.8) is 0 Å². The van der Waals surface area contributed by atoms with Crippen molar-refractivity contribution in [2.24, 2.45) is 0 Å². The van der Waals surface area contributed by atoms with E-state index in [0.717, 1.165) is 5.56 Å². The standard InChI is InChI=1S/C10H10BrF3O2/c1-5-3-8(16-2)6(4-7(5)11)9(15)10(12,13)14/h3-4,9,15H,1-2H3. The Morgan fingerprint density at radius 3 is 2.38 bits per heavy atom. The third-order valence-corrected chi connectivity index (χ3v) is 2.97. The Bertz CT molecular complexity index is 390. The van der Waals surface area contributed by atoms with Crippen molar-refractivity contribution in [1.82, 2.24) is 0 Å². The number of hydrogen-bond acceptors (Lipinski definition) is 2. The van der Waals surface area contributed by atoms with Crippen LogP contribution >= 0.6 is 15.9 Å². The van der Waals surface area contributed by atoms with Gasteiger partial charge >= 0.3 is 6.18 Å². The SMILES string of the molecule is COc1cc(C)c(Br)cc1C(O)C(F)(F)F. The fourth-order valence-electron chi connectivity index (χ4n) is 1.24. The minimum absolute atomic E-state index is 0.0190. The number of methoxy groups -OCH3 is 1. The van der Waals surface area contributed by atoms with Gasteiger partial charge in [0.1, 0.15) is 5.75 Å². The number of rotatable bonds is 2. The van der Waals surface area contributed by atoms with Gasteiger partial charge < -0.3 is 9.84 Å². The topological polar surface area (TPSA) is 29.5 Å². The first kappa shape index (κ1) is 13.3. The highest BCUT2D eigenvalue weighted by molar-refractivity contribution is 9.10. The molecule has 0 saturated heterocycles. The van der Waals surface area contributed by atoms with Gasteiger partial charge in [0.2, 0.25) is 0 Å². The molecule has 0 aliphatic heterocycles. The Morgan fingerprint density at radius 1 is 1.38 bits per heavy atom. The highest BCUT2D eigenvalue weighted by Crippen LogP contribution is 2.39. The van der Waals surface area contributed by atoms with E-state index in [1.807, 2.05) is 0 Å². The van der Waals surface area contributed by atoms with Crippen LogP contribution in [-0.4, -0.2) is 18.4 Å². The Kier molecular flexibility index (Phi) is 3.85. The first-order valence-electron chi connectivity index (χ1n) is 4.36. The lowest BCUT2D eigenvalue weighted by atomic mass is 10.1. The minimum atomic E-state index is -4.71. The third kappa shape index (κ3) is 2.68. The number of ether oxygens (including phenoxy) is 1. The summed E-state index contributed by atoms with van der Waals surface area (Å²) in [6.07, 6.45) is -7.25. The monoisotopic (exact) mass is 298 g/mol. The summed E-state index contributed by atoms with van der Waals surface area (Å²) in [5.41, 5.74) is 0.433. The summed E-state index contributed by atoms with van der Waals surface area (Å²) < 4.78 is 42.4. The molecule has 0 bridgehead atoms. The van der Waals surface area contributed by atoms with Crippen molar-refractivity contribution in [2.75, 3.05) is 7.11 Å². The van der Waals surface area contributed by atoms with Crippen LogP contribution in [0.25, 0.3) is 0 Å². The summed E-state index contributed by atoms with van der Waals surface area (Å²) in [4.78, 5) is 0. The molecule has 0 aromatic heterocycles. The van der Waals surface area contributed by atoms with Gasteiger partial charge in [-0.15, -0.1) is 0 Å². The van der Waals surface area contributed by atoms with E-state index in [4.69, 9.17) is 9.84 Å². The molecular formula is C10H10BrF3O2. The summed E-state index contributed by atoms with van der Waals surface area (Å²) in [5.74, 6) is 0.0190. The lowest BCUT2D eigenvalue weighted by Gasteiger charge is -2.18. The van der Waals surface area contributed by atoms with Gasteiger partial charge in [-0.1, -0.05) is 15.9 Å². The second-order valence-corrected chi connectivity index (χ2v) is 4.14. The fourth-order valence-corrected chi connectivity index (χ4v) is 1.60. The maximum Gasteiger partial charge on any atom is 0.418 e. The van der Waals surface area contributed by atoms with Crippen molar-refractivity contribution < 1.29 is 23.0 Å². The number of aryl methyl sites for hydroxylation is 1. The van der Waals surface area contributed by atoms with E-state index in [-0.39, 0.29) is 11.3 Å². The molecule has 0 aliphatic rings. The Hall–Kier alpha value is -0.750. The summed E-state index contributed by atoms with van der Waals surface area (Å²) in [5, 5.41) is 9.16. The van der Waals surface area contributed by atoms with Gasteiger partial charge in [0, 0.05) is 10.0 Å². The molecule has 1 aromatic carbocycles. The van der Waals surface area contributed by atoms with Crippen LogP contribution in [0.15, 0.2) is 16.6 Å².